The number of anilines is 1. The summed E-state index contributed by atoms with van der Waals surface area (Å²) >= 11 is 9.67. The van der Waals surface area contributed by atoms with Gasteiger partial charge in [-0.1, -0.05) is 52.7 Å². The minimum atomic E-state index is -0.352. The number of hydrogen-bond acceptors (Lipinski definition) is 6. The third-order valence-corrected chi connectivity index (χ3v) is 5.89. The number of rotatable bonds is 8. The van der Waals surface area contributed by atoms with Gasteiger partial charge in [0.1, 0.15) is 5.82 Å². The number of nitrogens with zero attached hydrogens (tertiary/aromatic N) is 3. The van der Waals surface area contributed by atoms with Crippen LogP contribution < -0.4 is 20.3 Å². The summed E-state index contributed by atoms with van der Waals surface area (Å²) in [5.74, 6) is 0.719. The monoisotopic (exact) mass is 568 g/mol. The van der Waals surface area contributed by atoms with Gasteiger partial charge in [-0.2, -0.15) is 9.78 Å². The van der Waals surface area contributed by atoms with Crippen LogP contribution in [0.2, 0.25) is 5.02 Å². The highest BCUT2D eigenvalue weighted by atomic mass is 79.9. The molecule has 0 radical (unpaired) electrons. The highest BCUT2D eigenvalue weighted by Gasteiger charge is 2.15. The van der Waals surface area contributed by atoms with Crippen LogP contribution in [0.5, 0.6) is 11.5 Å². The average Bonchev–Trinajstić information content (AvgIpc) is 2.87. The van der Waals surface area contributed by atoms with Crippen LogP contribution in [0.25, 0.3) is 10.9 Å². The van der Waals surface area contributed by atoms with Crippen molar-refractivity contribution >= 4 is 56.2 Å². The maximum absolute atomic E-state index is 13.2. The number of carbonyl (C=O) groups is 1. The Labute approximate surface area is 220 Å². The number of benzene rings is 3. The number of aryl methyl sites for hydroxylation is 1. The highest BCUT2D eigenvalue weighted by molar-refractivity contribution is 9.10. The molecule has 0 bridgehead atoms. The first-order valence-corrected chi connectivity index (χ1v) is 12.2. The van der Waals surface area contributed by atoms with Crippen LogP contribution in [0.4, 0.5) is 5.69 Å². The van der Waals surface area contributed by atoms with Crippen LogP contribution in [0.3, 0.4) is 0 Å². The molecule has 1 aromatic heterocycles. The molecule has 0 saturated heterocycles. The molecule has 3 aromatic carbocycles. The third-order valence-electron chi connectivity index (χ3n) is 5.18. The Kier molecular flexibility index (Phi) is 8.02. The number of methoxy groups -OCH3 is 1. The lowest BCUT2D eigenvalue weighted by molar-refractivity contribution is -0.118. The molecular weight excluding hydrogens is 548 g/mol. The lowest BCUT2D eigenvalue weighted by Gasteiger charge is -2.14. The van der Waals surface area contributed by atoms with Crippen molar-refractivity contribution in [1.29, 1.82) is 0 Å². The van der Waals surface area contributed by atoms with Crippen molar-refractivity contribution in [2.45, 2.75) is 13.3 Å². The summed E-state index contributed by atoms with van der Waals surface area (Å²) in [5, 5.41) is 7.97. The molecule has 4 rings (SSSR count). The van der Waals surface area contributed by atoms with E-state index in [4.69, 9.17) is 21.1 Å². The van der Waals surface area contributed by atoms with Crippen molar-refractivity contribution in [1.82, 2.24) is 9.66 Å². The Morgan fingerprint density at radius 3 is 2.69 bits per heavy atom. The second-order valence-electron chi connectivity index (χ2n) is 7.63. The molecule has 10 heteroatoms. The molecule has 0 aliphatic rings. The summed E-state index contributed by atoms with van der Waals surface area (Å²) in [6.07, 6.45) is 1.92. The normalized spacial score (nSPS) is 11.1. The van der Waals surface area contributed by atoms with Crippen molar-refractivity contribution in [2.24, 2.45) is 5.10 Å². The van der Waals surface area contributed by atoms with E-state index in [0.29, 0.717) is 45.2 Å². The topological polar surface area (TPSA) is 94.8 Å². The quantitative estimate of drug-likeness (QED) is 0.291. The smallest absolute Gasteiger partial charge is 0.282 e. The van der Waals surface area contributed by atoms with E-state index >= 15 is 0 Å². The number of nitrogens with one attached hydrogen (secondary N) is 1. The molecule has 0 aliphatic heterocycles. The predicted molar refractivity (Wildman–Crippen MR) is 145 cm³/mol. The highest BCUT2D eigenvalue weighted by Crippen LogP contribution is 2.34. The fraction of sp³-hybridized carbons (Fsp3) is 0.154. The average molecular weight is 570 g/mol. The van der Waals surface area contributed by atoms with Gasteiger partial charge >= 0.3 is 0 Å². The van der Waals surface area contributed by atoms with Crippen LogP contribution in [0.15, 0.2) is 75.0 Å². The largest absolute Gasteiger partial charge is 0.493 e. The standard InChI is InChI=1S/C26H22BrClN4O4/c1-3-23-31-21-10-9-17(27)12-20(21)26(34)32(23)29-14-16-11-18(28)13-22(35-2)25(16)36-15-24(33)30-19-7-5-4-6-8-19/h4-14H,3,15H2,1-2H3,(H,30,33). The van der Waals surface area contributed by atoms with Gasteiger partial charge in [0.2, 0.25) is 0 Å². The fourth-order valence-corrected chi connectivity index (χ4v) is 4.09. The van der Waals surface area contributed by atoms with Gasteiger partial charge in [0.15, 0.2) is 18.1 Å². The van der Waals surface area contributed by atoms with Gasteiger partial charge in [0.05, 0.1) is 24.2 Å². The number of aromatic nitrogens is 2. The van der Waals surface area contributed by atoms with Gasteiger partial charge in [-0.05, 0) is 36.4 Å². The maximum atomic E-state index is 13.2. The van der Waals surface area contributed by atoms with E-state index in [-0.39, 0.29) is 23.8 Å². The summed E-state index contributed by atoms with van der Waals surface area (Å²) in [6, 6.07) is 17.5. The van der Waals surface area contributed by atoms with Crippen molar-refractivity contribution in [2.75, 3.05) is 19.0 Å². The first-order chi connectivity index (χ1) is 17.4. The zero-order valence-electron chi connectivity index (χ0n) is 19.5. The van der Waals surface area contributed by atoms with Crippen molar-refractivity contribution in [3.63, 3.8) is 0 Å². The van der Waals surface area contributed by atoms with Gasteiger partial charge in [-0.3, -0.25) is 9.59 Å². The second-order valence-corrected chi connectivity index (χ2v) is 8.99. The summed E-state index contributed by atoms with van der Waals surface area (Å²) in [4.78, 5) is 30.2. The second kappa shape index (κ2) is 11.4. The molecule has 0 atom stereocenters. The van der Waals surface area contributed by atoms with Gasteiger partial charge in [-0.25, -0.2) is 4.98 Å². The van der Waals surface area contributed by atoms with Gasteiger partial charge in [-0.15, -0.1) is 0 Å². The van der Waals surface area contributed by atoms with Gasteiger partial charge in [0, 0.05) is 33.2 Å². The number of halogens is 2. The molecule has 1 N–H and O–H groups in total. The van der Waals surface area contributed by atoms with E-state index in [1.807, 2.05) is 31.2 Å². The van der Waals surface area contributed by atoms with E-state index in [1.165, 1.54) is 18.0 Å². The molecule has 0 unspecified atom stereocenters. The third kappa shape index (κ3) is 5.75. The van der Waals surface area contributed by atoms with Crippen LogP contribution in [0.1, 0.15) is 18.3 Å². The Morgan fingerprint density at radius 1 is 1.19 bits per heavy atom. The minimum Gasteiger partial charge on any atom is -0.493 e. The van der Waals surface area contributed by atoms with E-state index in [9.17, 15) is 9.59 Å². The Hall–Kier alpha value is -3.69. The maximum Gasteiger partial charge on any atom is 0.282 e. The summed E-state index contributed by atoms with van der Waals surface area (Å²) in [7, 11) is 1.47. The minimum absolute atomic E-state index is 0.261. The molecule has 8 nitrogen and oxygen atoms in total. The SMILES string of the molecule is CCc1nc2ccc(Br)cc2c(=O)n1N=Cc1cc(Cl)cc(OC)c1OCC(=O)Nc1ccccc1. The van der Waals surface area contributed by atoms with E-state index in [1.54, 1.807) is 36.4 Å². The zero-order valence-corrected chi connectivity index (χ0v) is 21.8. The number of ether oxygens (including phenoxy) is 2. The molecular formula is C26H22BrClN4O4. The van der Waals surface area contributed by atoms with Crippen LogP contribution in [0, 0.1) is 0 Å². The number of amides is 1. The number of carbonyl (C=O) groups excluding carboxylic acids is 1. The first-order valence-electron chi connectivity index (χ1n) is 11.0. The summed E-state index contributed by atoms with van der Waals surface area (Å²) in [6.45, 7) is 1.61. The molecule has 1 heterocycles. The summed E-state index contributed by atoms with van der Waals surface area (Å²) in [5.41, 5.74) is 1.35. The fourth-order valence-electron chi connectivity index (χ4n) is 3.51. The summed E-state index contributed by atoms with van der Waals surface area (Å²) < 4.78 is 13.2. The Bertz CT molecular complexity index is 1510. The molecule has 184 valence electrons. The zero-order chi connectivity index (χ0) is 25.7. The lowest BCUT2D eigenvalue weighted by Crippen LogP contribution is -2.22. The lowest BCUT2D eigenvalue weighted by atomic mass is 10.2. The molecule has 36 heavy (non-hydrogen) atoms. The van der Waals surface area contributed by atoms with Gasteiger partial charge < -0.3 is 14.8 Å². The van der Waals surface area contributed by atoms with E-state index in [0.717, 1.165) is 4.47 Å². The number of hydrogen-bond donors (Lipinski definition) is 1. The first kappa shape index (κ1) is 25.4. The molecule has 0 saturated carbocycles. The van der Waals surface area contributed by atoms with Gasteiger partial charge in [0.25, 0.3) is 11.5 Å². The predicted octanol–water partition coefficient (Wildman–Crippen LogP) is 5.28. The molecule has 1 amide bonds. The van der Waals surface area contributed by atoms with Crippen LogP contribution in [-0.2, 0) is 11.2 Å². The molecule has 4 aromatic rings. The van der Waals surface area contributed by atoms with E-state index < -0.39 is 0 Å². The van der Waals surface area contributed by atoms with Crippen molar-refractivity contribution < 1.29 is 14.3 Å². The number of fused-ring (bicyclic) bond motifs is 1. The number of para-hydroxylation sites is 1. The van der Waals surface area contributed by atoms with Crippen LogP contribution in [-0.4, -0.2) is 35.5 Å². The van der Waals surface area contributed by atoms with E-state index in [2.05, 4.69) is 31.3 Å². The van der Waals surface area contributed by atoms with Crippen molar-refractivity contribution in [3.8, 4) is 11.5 Å². The van der Waals surface area contributed by atoms with Crippen molar-refractivity contribution in [3.05, 3.63) is 91.9 Å². The Balaban J connectivity index is 1.68. The molecule has 0 aliphatic carbocycles. The molecule has 0 fully saturated rings. The molecule has 0 spiro atoms. The Morgan fingerprint density at radius 2 is 1.97 bits per heavy atom. The van der Waals surface area contributed by atoms with Crippen LogP contribution >= 0.6 is 27.5 Å².